The van der Waals surface area contributed by atoms with Crippen molar-refractivity contribution in [3.05, 3.63) is 39.4 Å². The van der Waals surface area contributed by atoms with Gasteiger partial charge in [0, 0.05) is 22.2 Å². The number of hydrogen-bond acceptors (Lipinski definition) is 3. The van der Waals surface area contributed by atoms with Gasteiger partial charge in [-0.25, -0.2) is 9.97 Å². The summed E-state index contributed by atoms with van der Waals surface area (Å²) in [5.41, 5.74) is 2.80. The molecule has 0 amide bonds. The molecule has 3 rings (SSSR count). The molecule has 0 spiro atoms. The maximum absolute atomic E-state index is 4.52. The lowest BCUT2D eigenvalue weighted by Crippen LogP contribution is -1.80. The van der Waals surface area contributed by atoms with E-state index >= 15 is 0 Å². The standard InChI is InChI=1S/C11H8BrN3S/c1-7-13-10(6-16-7)9-5-15-4-8(12)2-3-11(15)14-9/h2-6H,1H3. The molecule has 0 atom stereocenters. The van der Waals surface area contributed by atoms with Crippen molar-refractivity contribution in [2.75, 3.05) is 0 Å². The number of thiazole rings is 1. The molecule has 3 aromatic heterocycles. The molecule has 3 heterocycles. The van der Waals surface area contributed by atoms with Crippen molar-refractivity contribution in [1.82, 2.24) is 14.4 Å². The zero-order valence-electron chi connectivity index (χ0n) is 8.51. The van der Waals surface area contributed by atoms with Crippen molar-refractivity contribution in [3.8, 4) is 11.4 Å². The summed E-state index contributed by atoms with van der Waals surface area (Å²) >= 11 is 5.08. The average Bonchev–Trinajstić information content (AvgIpc) is 2.83. The molecule has 0 fully saturated rings. The van der Waals surface area contributed by atoms with Crippen LogP contribution < -0.4 is 0 Å². The van der Waals surface area contributed by atoms with Crippen molar-refractivity contribution in [2.45, 2.75) is 6.92 Å². The van der Waals surface area contributed by atoms with E-state index in [4.69, 9.17) is 0 Å². The van der Waals surface area contributed by atoms with Crippen molar-refractivity contribution >= 4 is 32.9 Å². The molecule has 0 saturated carbocycles. The third-order valence-electron chi connectivity index (χ3n) is 2.30. The SMILES string of the molecule is Cc1nc(-c2cn3cc(Br)ccc3n2)cs1. The summed E-state index contributed by atoms with van der Waals surface area (Å²) in [7, 11) is 0. The van der Waals surface area contributed by atoms with Crippen LogP contribution in [0.1, 0.15) is 5.01 Å². The Labute approximate surface area is 105 Å². The quantitative estimate of drug-likeness (QED) is 0.687. The van der Waals surface area contributed by atoms with E-state index in [1.807, 2.05) is 41.2 Å². The zero-order valence-corrected chi connectivity index (χ0v) is 10.9. The van der Waals surface area contributed by atoms with Crippen molar-refractivity contribution in [3.63, 3.8) is 0 Å². The summed E-state index contributed by atoms with van der Waals surface area (Å²) in [5, 5.41) is 3.10. The van der Waals surface area contributed by atoms with Gasteiger partial charge < -0.3 is 4.40 Å². The first-order valence-corrected chi connectivity index (χ1v) is 6.46. The Balaban J connectivity index is 2.18. The molecule has 0 bridgehead atoms. The number of aryl methyl sites for hydroxylation is 1. The van der Waals surface area contributed by atoms with Gasteiger partial charge in [0.05, 0.1) is 5.01 Å². The Morgan fingerprint density at radius 3 is 2.81 bits per heavy atom. The molecule has 0 unspecified atom stereocenters. The second-order valence-corrected chi connectivity index (χ2v) is 5.47. The molecule has 0 aliphatic carbocycles. The Hall–Kier alpha value is -1.20. The van der Waals surface area contributed by atoms with Gasteiger partial charge >= 0.3 is 0 Å². The minimum absolute atomic E-state index is 0.919. The lowest BCUT2D eigenvalue weighted by Gasteiger charge is -1.91. The first kappa shape index (κ1) is 9.99. The van der Waals surface area contributed by atoms with Gasteiger partial charge in [0.25, 0.3) is 0 Å². The molecule has 3 nitrogen and oxygen atoms in total. The third kappa shape index (κ3) is 1.66. The largest absolute Gasteiger partial charge is 0.305 e. The lowest BCUT2D eigenvalue weighted by atomic mass is 10.4. The summed E-state index contributed by atoms with van der Waals surface area (Å²) in [4.78, 5) is 8.95. The van der Waals surface area contributed by atoms with E-state index in [-0.39, 0.29) is 0 Å². The number of halogens is 1. The van der Waals surface area contributed by atoms with E-state index in [1.165, 1.54) is 0 Å². The molecule has 0 aliphatic heterocycles. The Kier molecular flexibility index (Phi) is 2.29. The van der Waals surface area contributed by atoms with Gasteiger partial charge in [-0.15, -0.1) is 11.3 Å². The van der Waals surface area contributed by atoms with Crippen LogP contribution in [0.15, 0.2) is 34.4 Å². The molecule has 0 radical (unpaired) electrons. The Bertz CT molecular complexity index is 656. The van der Waals surface area contributed by atoms with Gasteiger partial charge in [0.2, 0.25) is 0 Å². The van der Waals surface area contributed by atoms with Gasteiger partial charge in [-0.2, -0.15) is 0 Å². The molecule has 0 N–H and O–H groups in total. The monoisotopic (exact) mass is 293 g/mol. The molecule has 0 aliphatic rings. The maximum atomic E-state index is 4.52. The zero-order chi connectivity index (χ0) is 11.1. The second kappa shape index (κ2) is 3.68. The van der Waals surface area contributed by atoms with Crippen LogP contribution in [0.2, 0.25) is 0 Å². The fourth-order valence-corrected chi connectivity index (χ4v) is 2.53. The van der Waals surface area contributed by atoms with Gasteiger partial charge in [-0.1, -0.05) is 0 Å². The van der Waals surface area contributed by atoms with E-state index in [9.17, 15) is 0 Å². The number of aromatic nitrogens is 3. The number of hydrogen-bond donors (Lipinski definition) is 0. The minimum Gasteiger partial charge on any atom is -0.305 e. The molecule has 3 aromatic rings. The number of imidazole rings is 1. The summed E-state index contributed by atoms with van der Waals surface area (Å²) in [6, 6.07) is 3.96. The number of rotatable bonds is 1. The molecule has 5 heteroatoms. The minimum atomic E-state index is 0.919. The molecule has 0 aromatic carbocycles. The van der Waals surface area contributed by atoms with Gasteiger partial charge in [0.1, 0.15) is 17.0 Å². The van der Waals surface area contributed by atoms with Crippen LogP contribution in [0.3, 0.4) is 0 Å². The van der Waals surface area contributed by atoms with E-state index in [1.54, 1.807) is 11.3 Å². The molecule has 0 saturated heterocycles. The van der Waals surface area contributed by atoms with Crippen molar-refractivity contribution in [2.24, 2.45) is 0 Å². The van der Waals surface area contributed by atoms with Gasteiger partial charge in [-0.3, -0.25) is 0 Å². The Morgan fingerprint density at radius 1 is 1.19 bits per heavy atom. The van der Waals surface area contributed by atoms with Crippen LogP contribution in [0.25, 0.3) is 17.0 Å². The number of pyridine rings is 1. The Morgan fingerprint density at radius 2 is 2.06 bits per heavy atom. The van der Waals surface area contributed by atoms with Crippen molar-refractivity contribution < 1.29 is 0 Å². The van der Waals surface area contributed by atoms with E-state index in [0.717, 1.165) is 26.5 Å². The highest BCUT2D eigenvalue weighted by Gasteiger charge is 2.07. The van der Waals surface area contributed by atoms with Crippen molar-refractivity contribution in [1.29, 1.82) is 0 Å². The van der Waals surface area contributed by atoms with E-state index in [0.29, 0.717) is 0 Å². The van der Waals surface area contributed by atoms with Crippen LogP contribution in [0, 0.1) is 6.92 Å². The molecule has 80 valence electrons. The maximum Gasteiger partial charge on any atom is 0.137 e. The fraction of sp³-hybridized carbons (Fsp3) is 0.0909. The topological polar surface area (TPSA) is 30.2 Å². The summed E-state index contributed by atoms with van der Waals surface area (Å²) in [5.74, 6) is 0. The lowest BCUT2D eigenvalue weighted by molar-refractivity contribution is 1.17. The van der Waals surface area contributed by atoms with E-state index < -0.39 is 0 Å². The summed E-state index contributed by atoms with van der Waals surface area (Å²) in [6.07, 6.45) is 3.99. The smallest absolute Gasteiger partial charge is 0.137 e. The molecular weight excluding hydrogens is 286 g/mol. The highest BCUT2D eigenvalue weighted by molar-refractivity contribution is 9.10. The van der Waals surface area contributed by atoms with Crippen LogP contribution in [0.5, 0.6) is 0 Å². The van der Waals surface area contributed by atoms with Gasteiger partial charge in [-0.05, 0) is 35.0 Å². The first-order valence-electron chi connectivity index (χ1n) is 4.79. The predicted molar refractivity (Wildman–Crippen MR) is 68.7 cm³/mol. The van der Waals surface area contributed by atoms with Crippen LogP contribution in [0.4, 0.5) is 0 Å². The summed E-state index contributed by atoms with van der Waals surface area (Å²) < 4.78 is 3.03. The van der Waals surface area contributed by atoms with E-state index in [2.05, 4.69) is 25.9 Å². The summed E-state index contributed by atoms with van der Waals surface area (Å²) in [6.45, 7) is 2.00. The van der Waals surface area contributed by atoms with Gasteiger partial charge in [0.15, 0.2) is 0 Å². The number of nitrogens with zero attached hydrogens (tertiary/aromatic N) is 3. The highest BCUT2D eigenvalue weighted by atomic mass is 79.9. The average molecular weight is 294 g/mol. The predicted octanol–water partition coefficient (Wildman–Crippen LogP) is 3.53. The van der Waals surface area contributed by atoms with Crippen LogP contribution in [-0.4, -0.2) is 14.4 Å². The first-order chi connectivity index (χ1) is 7.72. The molecule has 16 heavy (non-hydrogen) atoms. The van der Waals surface area contributed by atoms with Crippen LogP contribution >= 0.6 is 27.3 Å². The normalized spacial score (nSPS) is 11.1. The highest BCUT2D eigenvalue weighted by Crippen LogP contribution is 2.22. The number of fused-ring (bicyclic) bond motifs is 1. The fourth-order valence-electron chi connectivity index (χ4n) is 1.57. The molecular formula is C11H8BrN3S. The van der Waals surface area contributed by atoms with Crippen LogP contribution in [-0.2, 0) is 0 Å². The second-order valence-electron chi connectivity index (χ2n) is 3.49. The third-order valence-corrected chi connectivity index (χ3v) is 3.54.